The number of esters is 2. The molecule has 338 valence electrons. The molecule has 0 aliphatic heterocycles. The molecule has 0 aromatic heterocycles. The SMILES string of the molecule is CCCCCCCCC(CCCCCCCC)OC(=O)CCCCCCCN(CCCCCCCC(=O)OCC(C)CCCCCCC)CCCN/C(=C/N)NC. The molecule has 0 bridgehead atoms. The van der Waals surface area contributed by atoms with E-state index in [9.17, 15) is 9.59 Å². The second kappa shape index (κ2) is 43.6. The number of hydrogen-bond donors (Lipinski definition) is 3. The molecule has 8 nitrogen and oxygen atoms in total. The standard InChI is InChI=1S/C49H98N4O4/c1-6-9-12-15-20-27-35-46(36-28-21-16-13-10-7-2)57-49(55)38-30-23-18-25-32-41-53(42-33-39-52-47(43-50)51-5)40-31-24-17-22-29-37-48(54)56-44-45(4)34-26-19-14-11-8-3/h43,45-46,51-52H,6-42,44,50H2,1-5H3/b47-43+. The molecule has 1 atom stereocenters. The van der Waals surface area contributed by atoms with E-state index < -0.39 is 0 Å². The number of carbonyl (C=O) groups excluding carboxylic acids is 2. The molecule has 0 spiro atoms. The summed E-state index contributed by atoms with van der Waals surface area (Å²) in [6.45, 7) is 13.8. The second-order valence-electron chi connectivity index (χ2n) is 17.2. The highest BCUT2D eigenvalue weighted by Crippen LogP contribution is 2.19. The van der Waals surface area contributed by atoms with Gasteiger partial charge in [-0.1, -0.05) is 163 Å². The Hall–Kier alpha value is -1.96. The van der Waals surface area contributed by atoms with Crippen molar-refractivity contribution in [2.45, 2.75) is 246 Å². The van der Waals surface area contributed by atoms with Crippen LogP contribution in [0.15, 0.2) is 12.0 Å². The zero-order valence-corrected chi connectivity index (χ0v) is 38.8. The molecular weight excluding hydrogens is 709 g/mol. The fraction of sp³-hybridized carbons (Fsp3) is 0.918. The summed E-state index contributed by atoms with van der Waals surface area (Å²) in [5.41, 5.74) is 5.69. The smallest absolute Gasteiger partial charge is 0.306 e. The van der Waals surface area contributed by atoms with Crippen LogP contribution in [0.2, 0.25) is 0 Å². The van der Waals surface area contributed by atoms with Crippen molar-refractivity contribution >= 4 is 11.9 Å². The van der Waals surface area contributed by atoms with Gasteiger partial charge in [0.2, 0.25) is 0 Å². The first kappa shape index (κ1) is 55.0. The number of ether oxygens (including phenoxy) is 2. The van der Waals surface area contributed by atoms with E-state index in [1.54, 1.807) is 6.20 Å². The lowest BCUT2D eigenvalue weighted by Crippen LogP contribution is -2.31. The number of carbonyl (C=O) groups is 2. The number of rotatable bonds is 45. The van der Waals surface area contributed by atoms with Gasteiger partial charge in [-0.15, -0.1) is 0 Å². The van der Waals surface area contributed by atoms with E-state index in [-0.39, 0.29) is 18.0 Å². The van der Waals surface area contributed by atoms with Gasteiger partial charge < -0.3 is 30.7 Å². The van der Waals surface area contributed by atoms with Gasteiger partial charge in [-0.3, -0.25) is 9.59 Å². The molecule has 0 fully saturated rings. The second-order valence-corrected chi connectivity index (χ2v) is 17.2. The minimum absolute atomic E-state index is 0.0234. The Bertz CT molecular complexity index is 885. The zero-order valence-electron chi connectivity index (χ0n) is 38.8. The van der Waals surface area contributed by atoms with Crippen LogP contribution < -0.4 is 16.4 Å². The topological polar surface area (TPSA) is 106 Å². The van der Waals surface area contributed by atoms with E-state index in [1.807, 2.05) is 7.05 Å². The van der Waals surface area contributed by atoms with Gasteiger partial charge in [0.15, 0.2) is 0 Å². The van der Waals surface area contributed by atoms with E-state index in [0.717, 1.165) is 83.4 Å². The van der Waals surface area contributed by atoms with Gasteiger partial charge in [-0.2, -0.15) is 0 Å². The van der Waals surface area contributed by atoms with Gasteiger partial charge in [0, 0.05) is 32.6 Å². The summed E-state index contributed by atoms with van der Waals surface area (Å²) < 4.78 is 11.6. The van der Waals surface area contributed by atoms with Crippen LogP contribution in [0, 0.1) is 5.92 Å². The fourth-order valence-electron chi connectivity index (χ4n) is 7.66. The minimum Gasteiger partial charge on any atom is -0.465 e. The van der Waals surface area contributed by atoms with Crippen molar-refractivity contribution in [1.29, 1.82) is 0 Å². The third kappa shape index (κ3) is 39.3. The van der Waals surface area contributed by atoms with Crippen molar-refractivity contribution in [3.63, 3.8) is 0 Å². The van der Waals surface area contributed by atoms with Gasteiger partial charge in [0.25, 0.3) is 0 Å². The molecule has 4 N–H and O–H groups in total. The molecule has 57 heavy (non-hydrogen) atoms. The molecule has 0 aromatic rings. The van der Waals surface area contributed by atoms with E-state index in [0.29, 0.717) is 25.4 Å². The predicted molar refractivity (Wildman–Crippen MR) is 245 cm³/mol. The third-order valence-corrected chi connectivity index (χ3v) is 11.5. The molecule has 0 aliphatic carbocycles. The monoisotopic (exact) mass is 807 g/mol. The predicted octanol–water partition coefficient (Wildman–Crippen LogP) is 12.9. The molecule has 8 heteroatoms. The quantitative estimate of drug-likeness (QED) is 0.0413. The van der Waals surface area contributed by atoms with Crippen LogP contribution in [0.3, 0.4) is 0 Å². The van der Waals surface area contributed by atoms with E-state index >= 15 is 0 Å². The lowest BCUT2D eigenvalue weighted by Gasteiger charge is -2.23. The number of hydrogen-bond acceptors (Lipinski definition) is 8. The highest BCUT2D eigenvalue weighted by Gasteiger charge is 2.15. The lowest BCUT2D eigenvalue weighted by atomic mass is 10.0. The Morgan fingerprint density at radius 2 is 0.982 bits per heavy atom. The largest absolute Gasteiger partial charge is 0.465 e. The molecule has 0 aliphatic rings. The van der Waals surface area contributed by atoms with Crippen LogP contribution in [0.1, 0.15) is 240 Å². The Morgan fingerprint density at radius 1 is 0.561 bits per heavy atom. The van der Waals surface area contributed by atoms with Crippen molar-refractivity contribution in [1.82, 2.24) is 15.5 Å². The molecule has 1 unspecified atom stereocenters. The highest BCUT2D eigenvalue weighted by molar-refractivity contribution is 5.69. The minimum atomic E-state index is -0.0234. The number of unbranched alkanes of at least 4 members (excludes halogenated alkanes) is 22. The Labute approximate surface area is 354 Å². The molecule has 0 aromatic carbocycles. The van der Waals surface area contributed by atoms with Gasteiger partial charge in [-0.05, 0) is 89.8 Å². The first-order chi connectivity index (χ1) is 27.9. The molecule has 0 saturated heterocycles. The Morgan fingerprint density at radius 3 is 1.47 bits per heavy atom. The first-order valence-electron chi connectivity index (χ1n) is 24.8. The average molecular weight is 807 g/mol. The average Bonchev–Trinajstić information content (AvgIpc) is 3.21. The van der Waals surface area contributed by atoms with Gasteiger partial charge >= 0.3 is 11.9 Å². The molecule has 0 rings (SSSR count). The summed E-state index contributed by atoms with van der Waals surface area (Å²) >= 11 is 0. The highest BCUT2D eigenvalue weighted by atomic mass is 16.5. The van der Waals surface area contributed by atoms with Crippen LogP contribution >= 0.6 is 0 Å². The summed E-state index contributed by atoms with van der Waals surface area (Å²) in [7, 11) is 1.88. The number of nitrogens with zero attached hydrogens (tertiary/aromatic N) is 1. The van der Waals surface area contributed by atoms with Gasteiger partial charge in [0.1, 0.15) is 11.9 Å². The molecule has 0 amide bonds. The van der Waals surface area contributed by atoms with Crippen LogP contribution in [-0.4, -0.2) is 62.8 Å². The third-order valence-electron chi connectivity index (χ3n) is 11.5. The first-order valence-corrected chi connectivity index (χ1v) is 24.8. The summed E-state index contributed by atoms with van der Waals surface area (Å²) in [5, 5.41) is 6.47. The summed E-state index contributed by atoms with van der Waals surface area (Å²) in [4.78, 5) is 27.7. The Balaban J connectivity index is 4.40. The Kier molecular flexibility index (Phi) is 42.1. The van der Waals surface area contributed by atoms with Crippen LogP contribution in [0.4, 0.5) is 0 Å². The van der Waals surface area contributed by atoms with Crippen molar-refractivity contribution in [2.24, 2.45) is 11.7 Å². The van der Waals surface area contributed by atoms with E-state index in [1.165, 1.54) is 148 Å². The summed E-state index contributed by atoms with van der Waals surface area (Å²) in [5.74, 6) is 1.33. The van der Waals surface area contributed by atoms with Crippen molar-refractivity contribution in [3.8, 4) is 0 Å². The van der Waals surface area contributed by atoms with E-state index in [2.05, 4.69) is 43.2 Å². The molecule has 0 saturated carbocycles. The summed E-state index contributed by atoms with van der Waals surface area (Å²) in [6, 6.07) is 0. The lowest BCUT2D eigenvalue weighted by molar-refractivity contribution is -0.150. The van der Waals surface area contributed by atoms with Gasteiger partial charge in [-0.25, -0.2) is 0 Å². The maximum absolute atomic E-state index is 12.8. The van der Waals surface area contributed by atoms with Crippen molar-refractivity contribution in [2.75, 3.05) is 39.8 Å². The maximum Gasteiger partial charge on any atom is 0.306 e. The molecular formula is C49H98N4O4. The summed E-state index contributed by atoms with van der Waals surface area (Å²) in [6.07, 6.45) is 40.2. The van der Waals surface area contributed by atoms with E-state index in [4.69, 9.17) is 15.2 Å². The molecule has 0 radical (unpaired) electrons. The number of nitrogens with two attached hydrogens (primary N) is 1. The van der Waals surface area contributed by atoms with Crippen molar-refractivity contribution in [3.05, 3.63) is 12.0 Å². The van der Waals surface area contributed by atoms with Crippen LogP contribution in [0.25, 0.3) is 0 Å². The fourth-order valence-corrected chi connectivity index (χ4v) is 7.66. The van der Waals surface area contributed by atoms with Crippen LogP contribution in [-0.2, 0) is 19.1 Å². The molecule has 0 heterocycles. The van der Waals surface area contributed by atoms with Crippen molar-refractivity contribution < 1.29 is 19.1 Å². The number of nitrogens with one attached hydrogen (secondary N) is 2. The maximum atomic E-state index is 12.8. The van der Waals surface area contributed by atoms with Gasteiger partial charge in [0.05, 0.1) is 6.61 Å². The van der Waals surface area contributed by atoms with Crippen LogP contribution in [0.5, 0.6) is 0 Å². The zero-order chi connectivity index (χ0) is 41.9. The normalized spacial score (nSPS) is 12.4.